The molecule has 0 spiro atoms. The minimum atomic E-state index is -0.0121. The Balaban J connectivity index is 2.14. The molecular formula is C10H17NO2. The Morgan fingerprint density at radius 2 is 2.00 bits per heavy atom. The van der Waals surface area contributed by atoms with Gasteiger partial charge >= 0.3 is 5.97 Å². The Labute approximate surface area is 79.0 Å². The minimum Gasteiger partial charge on any atom is -0.469 e. The number of hydrogen-bond donors (Lipinski definition) is 0. The minimum absolute atomic E-state index is 0.0121. The first-order chi connectivity index (χ1) is 6.24. The van der Waals surface area contributed by atoms with Crippen LogP contribution in [0.25, 0.3) is 0 Å². The molecule has 74 valence electrons. The monoisotopic (exact) mass is 183 g/mol. The molecule has 2 bridgehead atoms. The molecule has 2 atom stereocenters. The number of fused-ring (bicyclic) bond motifs is 3. The van der Waals surface area contributed by atoms with Gasteiger partial charge in [0.05, 0.1) is 13.0 Å². The van der Waals surface area contributed by atoms with Crippen LogP contribution in [-0.4, -0.2) is 37.1 Å². The molecule has 3 aliphatic heterocycles. The fourth-order valence-electron chi connectivity index (χ4n) is 2.83. The molecule has 0 aliphatic carbocycles. The van der Waals surface area contributed by atoms with Crippen LogP contribution in [0.3, 0.4) is 0 Å². The third-order valence-electron chi connectivity index (χ3n) is 3.65. The highest BCUT2D eigenvalue weighted by molar-refractivity contribution is 5.73. The van der Waals surface area contributed by atoms with Crippen LogP contribution in [0, 0.1) is 11.8 Å². The number of methoxy groups -OCH3 is 1. The number of ether oxygens (including phenoxy) is 1. The number of hydrogen-bond acceptors (Lipinski definition) is 3. The summed E-state index contributed by atoms with van der Waals surface area (Å²) in [7, 11) is 1.49. The van der Waals surface area contributed by atoms with E-state index in [9.17, 15) is 4.79 Å². The fourth-order valence-corrected chi connectivity index (χ4v) is 2.83. The van der Waals surface area contributed by atoms with Crippen LogP contribution >= 0.6 is 0 Å². The molecular weight excluding hydrogens is 166 g/mol. The Kier molecular flexibility index (Phi) is 2.28. The Bertz CT molecular complexity index is 207. The zero-order valence-electron chi connectivity index (χ0n) is 8.32. The molecule has 0 amide bonds. The van der Waals surface area contributed by atoms with Crippen molar-refractivity contribution >= 4 is 5.97 Å². The summed E-state index contributed by atoms with van der Waals surface area (Å²) < 4.78 is 4.85. The normalized spacial score (nSPS) is 43.2. The van der Waals surface area contributed by atoms with Gasteiger partial charge in [-0.25, -0.2) is 0 Å². The third kappa shape index (κ3) is 1.35. The van der Waals surface area contributed by atoms with Crippen molar-refractivity contribution in [2.45, 2.75) is 25.8 Å². The van der Waals surface area contributed by atoms with Gasteiger partial charge in [0.2, 0.25) is 0 Å². The van der Waals surface area contributed by atoms with Crippen molar-refractivity contribution < 1.29 is 9.53 Å². The second kappa shape index (κ2) is 3.29. The lowest BCUT2D eigenvalue weighted by atomic mass is 9.74. The van der Waals surface area contributed by atoms with E-state index in [-0.39, 0.29) is 11.9 Å². The average molecular weight is 183 g/mol. The lowest BCUT2D eigenvalue weighted by molar-refractivity contribution is -0.155. The van der Waals surface area contributed by atoms with Crippen molar-refractivity contribution in [2.75, 3.05) is 20.2 Å². The van der Waals surface area contributed by atoms with E-state index < -0.39 is 0 Å². The van der Waals surface area contributed by atoms with E-state index in [0.29, 0.717) is 12.0 Å². The molecule has 3 heterocycles. The first kappa shape index (κ1) is 9.00. The van der Waals surface area contributed by atoms with Crippen LogP contribution in [-0.2, 0) is 9.53 Å². The van der Waals surface area contributed by atoms with Crippen molar-refractivity contribution in [3.63, 3.8) is 0 Å². The van der Waals surface area contributed by atoms with Crippen molar-refractivity contribution in [2.24, 2.45) is 11.8 Å². The number of carbonyl (C=O) groups excluding carboxylic acids is 1. The molecule has 13 heavy (non-hydrogen) atoms. The quantitative estimate of drug-likeness (QED) is 0.565. The van der Waals surface area contributed by atoms with Crippen LogP contribution in [0.1, 0.15) is 19.8 Å². The molecule has 3 saturated heterocycles. The van der Waals surface area contributed by atoms with Gasteiger partial charge in [0.25, 0.3) is 0 Å². The summed E-state index contributed by atoms with van der Waals surface area (Å²) in [6, 6.07) is 0.389. The lowest BCUT2D eigenvalue weighted by Gasteiger charge is -2.48. The summed E-state index contributed by atoms with van der Waals surface area (Å²) in [5.41, 5.74) is 0. The molecule has 0 N–H and O–H groups in total. The number of rotatable bonds is 1. The second-order valence-electron chi connectivity index (χ2n) is 4.16. The highest BCUT2D eigenvalue weighted by atomic mass is 16.5. The summed E-state index contributed by atoms with van der Waals surface area (Å²) in [6.07, 6.45) is 2.34. The zero-order valence-corrected chi connectivity index (χ0v) is 8.32. The van der Waals surface area contributed by atoms with E-state index >= 15 is 0 Å². The van der Waals surface area contributed by atoms with E-state index in [1.165, 1.54) is 33.0 Å². The number of piperidine rings is 3. The first-order valence-electron chi connectivity index (χ1n) is 5.06. The van der Waals surface area contributed by atoms with Gasteiger partial charge in [-0.15, -0.1) is 0 Å². The Morgan fingerprint density at radius 1 is 1.38 bits per heavy atom. The highest BCUT2D eigenvalue weighted by Gasteiger charge is 2.44. The lowest BCUT2D eigenvalue weighted by Crippen LogP contribution is -2.56. The van der Waals surface area contributed by atoms with Gasteiger partial charge in [0.15, 0.2) is 0 Å². The highest BCUT2D eigenvalue weighted by Crippen LogP contribution is 2.37. The smallest absolute Gasteiger partial charge is 0.310 e. The van der Waals surface area contributed by atoms with E-state index in [2.05, 4.69) is 11.8 Å². The van der Waals surface area contributed by atoms with Crippen LogP contribution < -0.4 is 0 Å². The van der Waals surface area contributed by atoms with Gasteiger partial charge < -0.3 is 4.74 Å². The van der Waals surface area contributed by atoms with Crippen molar-refractivity contribution in [1.29, 1.82) is 0 Å². The number of carbonyl (C=O) groups is 1. The summed E-state index contributed by atoms with van der Waals surface area (Å²) in [5.74, 6) is 0.696. The fraction of sp³-hybridized carbons (Fsp3) is 0.900. The molecule has 0 saturated carbocycles. The SMILES string of the molecule is COC(=O)C1C2CCN(CC2)C1C. The van der Waals surface area contributed by atoms with E-state index in [1.807, 2.05) is 0 Å². The number of esters is 1. The maximum atomic E-state index is 11.5. The van der Waals surface area contributed by atoms with Gasteiger partial charge in [-0.1, -0.05) is 0 Å². The molecule has 0 aromatic heterocycles. The maximum absolute atomic E-state index is 11.5. The topological polar surface area (TPSA) is 29.5 Å². The van der Waals surface area contributed by atoms with Gasteiger partial charge in [0, 0.05) is 6.04 Å². The van der Waals surface area contributed by atoms with Crippen LogP contribution in [0.5, 0.6) is 0 Å². The van der Waals surface area contributed by atoms with Crippen molar-refractivity contribution in [3.8, 4) is 0 Å². The van der Waals surface area contributed by atoms with Crippen LogP contribution in [0.4, 0.5) is 0 Å². The van der Waals surface area contributed by atoms with E-state index in [1.54, 1.807) is 0 Å². The largest absolute Gasteiger partial charge is 0.469 e. The zero-order chi connectivity index (χ0) is 9.42. The summed E-state index contributed by atoms with van der Waals surface area (Å²) >= 11 is 0. The van der Waals surface area contributed by atoms with Crippen molar-refractivity contribution in [1.82, 2.24) is 4.90 Å². The molecule has 3 heteroatoms. The van der Waals surface area contributed by atoms with Gasteiger partial charge in [-0.3, -0.25) is 9.69 Å². The molecule has 0 aromatic rings. The van der Waals surface area contributed by atoms with Crippen LogP contribution in [0.15, 0.2) is 0 Å². The summed E-state index contributed by atoms with van der Waals surface area (Å²) in [4.78, 5) is 13.9. The summed E-state index contributed by atoms with van der Waals surface area (Å²) in [6.45, 7) is 4.48. The summed E-state index contributed by atoms with van der Waals surface area (Å²) in [5, 5.41) is 0. The van der Waals surface area contributed by atoms with E-state index in [0.717, 1.165) is 0 Å². The molecule has 3 aliphatic rings. The van der Waals surface area contributed by atoms with Crippen molar-refractivity contribution in [3.05, 3.63) is 0 Å². The maximum Gasteiger partial charge on any atom is 0.310 e. The number of nitrogens with zero attached hydrogens (tertiary/aromatic N) is 1. The first-order valence-corrected chi connectivity index (χ1v) is 5.06. The molecule has 0 radical (unpaired) electrons. The molecule has 2 unspecified atom stereocenters. The van der Waals surface area contributed by atoms with E-state index in [4.69, 9.17) is 4.74 Å². The molecule has 3 fully saturated rings. The Morgan fingerprint density at radius 3 is 2.46 bits per heavy atom. The average Bonchev–Trinajstić information content (AvgIpc) is 2.18. The Hall–Kier alpha value is -0.570. The second-order valence-corrected chi connectivity index (χ2v) is 4.16. The van der Waals surface area contributed by atoms with Crippen LogP contribution in [0.2, 0.25) is 0 Å². The van der Waals surface area contributed by atoms with Gasteiger partial charge in [-0.2, -0.15) is 0 Å². The predicted octanol–water partition coefficient (Wildman–Crippen LogP) is 0.890. The predicted molar refractivity (Wildman–Crippen MR) is 49.3 cm³/mol. The van der Waals surface area contributed by atoms with Gasteiger partial charge in [0.1, 0.15) is 0 Å². The van der Waals surface area contributed by atoms with Gasteiger partial charge in [-0.05, 0) is 38.8 Å². The molecule has 3 nitrogen and oxygen atoms in total. The molecule has 0 aromatic carbocycles. The molecule has 3 rings (SSSR count). The third-order valence-corrected chi connectivity index (χ3v) is 3.65. The standard InChI is InChI=1S/C10H17NO2/c1-7-9(10(12)13-2)8-3-5-11(7)6-4-8/h7-9H,3-6H2,1-2H3.